The van der Waals surface area contributed by atoms with Crippen molar-refractivity contribution in [3.63, 3.8) is 0 Å². The van der Waals surface area contributed by atoms with E-state index in [1.807, 2.05) is 12.1 Å². The first-order chi connectivity index (χ1) is 9.15. The molecule has 2 N–H and O–H groups in total. The Morgan fingerprint density at radius 2 is 1.89 bits per heavy atom. The smallest absolute Gasteiger partial charge is 0.0716 e. The monoisotopic (exact) mass is 266 g/mol. The van der Waals surface area contributed by atoms with Gasteiger partial charge >= 0.3 is 0 Å². The van der Waals surface area contributed by atoms with E-state index < -0.39 is 0 Å². The SMILES string of the molecule is COCc1ccccc1C(CN)N(C)C(C)COC. The van der Waals surface area contributed by atoms with E-state index in [2.05, 4.69) is 31.0 Å². The van der Waals surface area contributed by atoms with Crippen LogP contribution in [0.3, 0.4) is 0 Å². The summed E-state index contributed by atoms with van der Waals surface area (Å²) in [5.74, 6) is 0. The van der Waals surface area contributed by atoms with Crippen LogP contribution >= 0.6 is 0 Å². The zero-order chi connectivity index (χ0) is 14.3. The minimum Gasteiger partial charge on any atom is -0.383 e. The maximum atomic E-state index is 5.98. The Bertz CT molecular complexity index is 371. The molecule has 0 aromatic heterocycles. The van der Waals surface area contributed by atoms with Gasteiger partial charge in [-0.3, -0.25) is 4.90 Å². The molecule has 0 radical (unpaired) electrons. The van der Waals surface area contributed by atoms with Gasteiger partial charge in [-0.2, -0.15) is 0 Å². The normalized spacial score (nSPS) is 14.6. The zero-order valence-corrected chi connectivity index (χ0v) is 12.4. The molecular weight excluding hydrogens is 240 g/mol. The number of methoxy groups -OCH3 is 2. The molecule has 0 saturated carbocycles. The predicted octanol–water partition coefficient (Wildman–Crippen LogP) is 1.80. The lowest BCUT2D eigenvalue weighted by atomic mass is 9.98. The predicted molar refractivity (Wildman–Crippen MR) is 78.1 cm³/mol. The molecule has 4 nitrogen and oxygen atoms in total. The molecule has 2 unspecified atom stereocenters. The summed E-state index contributed by atoms with van der Waals surface area (Å²) < 4.78 is 10.5. The van der Waals surface area contributed by atoms with Crippen molar-refractivity contribution < 1.29 is 9.47 Å². The molecular formula is C15H26N2O2. The van der Waals surface area contributed by atoms with E-state index in [1.165, 1.54) is 11.1 Å². The fourth-order valence-corrected chi connectivity index (χ4v) is 2.32. The quantitative estimate of drug-likeness (QED) is 0.779. The van der Waals surface area contributed by atoms with Gasteiger partial charge in [-0.15, -0.1) is 0 Å². The van der Waals surface area contributed by atoms with Crippen molar-refractivity contribution in [2.24, 2.45) is 5.73 Å². The molecule has 108 valence electrons. The molecule has 0 saturated heterocycles. The van der Waals surface area contributed by atoms with Crippen LogP contribution in [0.5, 0.6) is 0 Å². The van der Waals surface area contributed by atoms with Crippen molar-refractivity contribution >= 4 is 0 Å². The summed E-state index contributed by atoms with van der Waals surface area (Å²) in [6.07, 6.45) is 0. The van der Waals surface area contributed by atoms with Crippen LogP contribution in [-0.4, -0.2) is 45.4 Å². The van der Waals surface area contributed by atoms with Crippen LogP contribution in [0.4, 0.5) is 0 Å². The third kappa shape index (κ3) is 4.28. The van der Waals surface area contributed by atoms with Gasteiger partial charge in [-0.05, 0) is 25.1 Å². The first-order valence-corrected chi connectivity index (χ1v) is 6.63. The van der Waals surface area contributed by atoms with Gasteiger partial charge in [0.15, 0.2) is 0 Å². The fourth-order valence-electron chi connectivity index (χ4n) is 2.32. The highest BCUT2D eigenvalue weighted by atomic mass is 16.5. The molecule has 0 spiro atoms. The third-order valence-electron chi connectivity index (χ3n) is 3.53. The first-order valence-electron chi connectivity index (χ1n) is 6.63. The molecule has 1 aromatic rings. The largest absolute Gasteiger partial charge is 0.383 e. The molecule has 0 fully saturated rings. The van der Waals surface area contributed by atoms with Crippen molar-refractivity contribution in [3.05, 3.63) is 35.4 Å². The van der Waals surface area contributed by atoms with Gasteiger partial charge in [-0.1, -0.05) is 24.3 Å². The van der Waals surface area contributed by atoms with E-state index in [-0.39, 0.29) is 6.04 Å². The topological polar surface area (TPSA) is 47.7 Å². The highest BCUT2D eigenvalue weighted by Gasteiger charge is 2.22. The molecule has 1 rings (SSSR count). The van der Waals surface area contributed by atoms with Crippen LogP contribution in [0.25, 0.3) is 0 Å². The summed E-state index contributed by atoms with van der Waals surface area (Å²) in [4.78, 5) is 2.26. The van der Waals surface area contributed by atoms with E-state index >= 15 is 0 Å². The summed E-state index contributed by atoms with van der Waals surface area (Å²) in [6, 6.07) is 8.79. The van der Waals surface area contributed by atoms with Crippen molar-refractivity contribution in [1.29, 1.82) is 0 Å². The minimum atomic E-state index is 0.177. The lowest BCUT2D eigenvalue weighted by Gasteiger charge is -2.33. The van der Waals surface area contributed by atoms with Crippen LogP contribution in [0.15, 0.2) is 24.3 Å². The van der Waals surface area contributed by atoms with Crippen LogP contribution in [0.2, 0.25) is 0 Å². The fraction of sp³-hybridized carbons (Fsp3) is 0.600. The number of nitrogens with two attached hydrogens (primary N) is 1. The van der Waals surface area contributed by atoms with Crippen LogP contribution in [-0.2, 0) is 16.1 Å². The Hall–Kier alpha value is -0.940. The Kier molecular flexibility index (Phi) is 7.02. The van der Waals surface area contributed by atoms with Crippen molar-refractivity contribution in [3.8, 4) is 0 Å². The number of hydrogen-bond acceptors (Lipinski definition) is 4. The van der Waals surface area contributed by atoms with E-state index in [4.69, 9.17) is 15.2 Å². The van der Waals surface area contributed by atoms with Gasteiger partial charge in [-0.25, -0.2) is 0 Å². The maximum Gasteiger partial charge on any atom is 0.0716 e. The van der Waals surface area contributed by atoms with Crippen LogP contribution < -0.4 is 5.73 Å². The number of likely N-dealkylation sites (N-methyl/N-ethyl adjacent to an activating group) is 1. The number of hydrogen-bond donors (Lipinski definition) is 1. The average molecular weight is 266 g/mol. The Morgan fingerprint density at radius 3 is 2.47 bits per heavy atom. The Morgan fingerprint density at radius 1 is 1.21 bits per heavy atom. The standard InChI is InChI=1S/C15H26N2O2/c1-12(10-18-3)17(2)15(9-16)14-8-6-5-7-13(14)11-19-4/h5-8,12,15H,9-11,16H2,1-4H3. The second-order valence-electron chi connectivity index (χ2n) is 4.85. The number of rotatable bonds is 8. The summed E-state index contributed by atoms with van der Waals surface area (Å²) in [7, 11) is 5.52. The first kappa shape index (κ1) is 16.1. The molecule has 0 heterocycles. The molecule has 0 aliphatic carbocycles. The van der Waals surface area contributed by atoms with E-state index in [1.54, 1.807) is 14.2 Å². The van der Waals surface area contributed by atoms with Gasteiger partial charge in [0, 0.05) is 32.8 Å². The molecule has 2 atom stereocenters. The summed E-state index contributed by atoms with van der Waals surface area (Å²) >= 11 is 0. The van der Waals surface area contributed by atoms with Gasteiger partial charge in [0.05, 0.1) is 13.2 Å². The van der Waals surface area contributed by atoms with E-state index in [9.17, 15) is 0 Å². The summed E-state index contributed by atoms with van der Waals surface area (Å²) in [5, 5.41) is 0. The Labute approximate surface area is 116 Å². The van der Waals surface area contributed by atoms with Crippen LogP contribution in [0, 0.1) is 0 Å². The lowest BCUT2D eigenvalue weighted by molar-refractivity contribution is 0.0899. The highest BCUT2D eigenvalue weighted by molar-refractivity contribution is 5.30. The van der Waals surface area contributed by atoms with Gasteiger partial charge < -0.3 is 15.2 Å². The third-order valence-corrected chi connectivity index (χ3v) is 3.53. The molecule has 0 amide bonds. The minimum absolute atomic E-state index is 0.177. The average Bonchev–Trinajstić information content (AvgIpc) is 2.42. The van der Waals surface area contributed by atoms with Crippen molar-refractivity contribution in [2.45, 2.75) is 25.6 Å². The molecule has 0 aliphatic heterocycles. The highest BCUT2D eigenvalue weighted by Crippen LogP contribution is 2.24. The van der Waals surface area contributed by atoms with Crippen molar-refractivity contribution in [1.82, 2.24) is 4.90 Å². The molecule has 0 aliphatic rings. The van der Waals surface area contributed by atoms with Gasteiger partial charge in [0.1, 0.15) is 0 Å². The van der Waals surface area contributed by atoms with E-state index in [0.717, 1.165) is 0 Å². The number of ether oxygens (including phenoxy) is 2. The zero-order valence-electron chi connectivity index (χ0n) is 12.4. The van der Waals surface area contributed by atoms with E-state index in [0.29, 0.717) is 25.8 Å². The molecule has 1 aromatic carbocycles. The Balaban J connectivity index is 2.95. The van der Waals surface area contributed by atoms with Gasteiger partial charge in [0.25, 0.3) is 0 Å². The van der Waals surface area contributed by atoms with Crippen molar-refractivity contribution in [2.75, 3.05) is 34.4 Å². The molecule has 19 heavy (non-hydrogen) atoms. The molecule has 0 bridgehead atoms. The number of benzene rings is 1. The number of nitrogens with zero attached hydrogens (tertiary/aromatic N) is 1. The lowest BCUT2D eigenvalue weighted by Crippen LogP contribution is -2.39. The second-order valence-corrected chi connectivity index (χ2v) is 4.85. The van der Waals surface area contributed by atoms with Gasteiger partial charge in [0.2, 0.25) is 0 Å². The summed E-state index contributed by atoms with van der Waals surface area (Å²) in [6.45, 7) is 4.02. The molecule has 4 heteroatoms. The maximum absolute atomic E-state index is 5.98. The van der Waals surface area contributed by atoms with Crippen LogP contribution in [0.1, 0.15) is 24.1 Å². The summed E-state index contributed by atoms with van der Waals surface area (Å²) in [5.41, 5.74) is 8.41. The second kappa shape index (κ2) is 8.27.